The maximum atomic E-state index is 12.5. The van der Waals surface area contributed by atoms with Crippen LogP contribution in [0.15, 0.2) is 47.3 Å². The Morgan fingerprint density at radius 2 is 1.86 bits per heavy atom. The van der Waals surface area contributed by atoms with Crippen LogP contribution < -0.4 is 10.9 Å². The lowest BCUT2D eigenvalue weighted by atomic mass is 9.83. The molecule has 2 aliphatic rings. The maximum absolute atomic E-state index is 12.5. The van der Waals surface area contributed by atoms with Crippen molar-refractivity contribution in [2.45, 2.75) is 31.7 Å². The van der Waals surface area contributed by atoms with Crippen molar-refractivity contribution in [3.05, 3.63) is 69.6 Å². The molecule has 1 N–H and O–H groups in total. The highest BCUT2D eigenvalue weighted by atomic mass is 16.1. The maximum Gasteiger partial charge on any atom is 0.251 e. The third kappa shape index (κ3) is 2.61. The molecule has 1 fully saturated rings. The first kappa shape index (κ1) is 13.8. The van der Waals surface area contributed by atoms with Crippen LogP contribution >= 0.6 is 0 Å². The first-order valence-corrected chi connectivity index (χ1v) is 8.28. The summed E-state index contributed by atoms with van der Waals surface area (Å²) in [5.74, 6) is 1.14. The van der Waals surface area contributed by atoms with Crippen molar-refractivity contribution >= 4 is 0 Å². The van der Waals surface area contributed by atoms with Gasteiger partial charge in [0, 0.05) is 30.8 Å². The van der Waals surface area contributed by atoms with Gasteiger partial charge in [-0.15, -0.1) is 0 Å². The van der Waals surface area contributed by atoms with Crippen molar-refractivity contribution in [1.82, 2.24) is 9.88 Å². The summed E-state index contributed by atoms with van der Waals surface area (Å²) in [4.78, 5) is 12.5. The van der Waals surface area contributed by atoms with E-state index in [0.29, 0.717) is 11.8 Å². The second-order valence-corrected chi connectivity index (χ2v) is 6.68. The Kier molecular flexibility index (Phi) is 3.59. The van der Waals surface area contributed by atoms with Crippen molar-refractivity contribution in [2.75, 3.05) is 13.1 Å². The van der Waals surface area contributed by atoms with Gasteiger partial charge in [0.05, 0.1) is 0 Å². The van der Waals surface area contributed by atoms with Gasteiger partial charge in [0.2, 0.25) is 0 Å². The Bertz CT molecular complexity index is 720. The molecule has 0 aliphatic carbocycles. The molecule has 3 heteroatoms. The molecule has 1 aromatic carbocycles. The minimum absolute atomic E-state index is 0.192. The van der Waals surface area contributed by atoms with Gasteiger partial charge in [0.1, 0.15) is 0 Å². The van der Waals surface area contributed by atoms with Crippen LogP contribution in [0.25, 0.3) is 0 Å². The summed E-state index contributed by atoms with van der Waals surface area (Å²) < 4.78 is 2.02. The average Bonchev–Trinajstić information content (AvgIpc) is 2.55. The molecule has 2 unspecified atom stereocenters. The largest absolute Gasteiger partial charge is 0.316 e. The van der Waals surface area contributed by atoms with E-state index in [1.54, 1.807) is 0 Å². The van der Waals surface area contributed by atoms with E-state index in [0.717, 1.165) is 32.5 Å². The number of piperidine rings is 1. The zero-order valence-corrected chi connectivity index (χ0v) is 12.8. The topological polar surface area (TPSA) is 34.0 Å². The number of hydrogen-bond donors (Lipinski definition) is 1. The lowest BCUT2D eigenvalue weighted by Crippen LogP contribution is -2.44. The zero-order chi connectivity index (χ0) is 14.9. The number of benzene rings is 1. The summed E-state index contributed by atoms with van der Waals surface area (Å²) in [5, 5.41) is 3.51. The monoisotopic (exact) mass is 294 g/mol. The molecule has 22 heavy (non-hydrogen) atoms. The van der Waals surface area contributed by atoms with Crippen molar-refractivity contribution in [3.63, 3.8) is 0 Å². The number of fused-ring (bicyclic) bond motifs is 4. The van der Waals surface area contributed by atoms with E-state index in [1.165, 1.54) is 23.2 Å². The van der Waals surface area contributed by atoms with E-state index < -0.39 is 0 Å². The molecule has 1 saturated heterocycles. The summed E-state index contributed by atoms with van der Waals surface area (Å²) >= 11 is 0. The number of pyridine rings is 1. The van der Waals surface area contributed by atoms with E-state index in [1.807, 2.05) is 16.7 Å². The van der Waals surface area contributed by atoms with E-state index in [-0.39, 0.29) is 5.56 Å². The third-order valence-electron chi connectivity index (χ3n) is 5.07. The lowest BCUT2D eigenvalue weighted by Gasteiger charge is -2.37. The summed E-state index contributed by atoms with van der Waals surface area (Å²) in [6.07, 6.45) is 3.17. The van der Waals surface area contributed by atoms with Gasteiger partial charge in [-0.05, 0) is 48.9 Å². The number of hydrogen-bond acceptors (Lipinski definition) is 2. The summed E-state index contributed by atoms with van der Waals surface area (Å²) in [6, 6.07) is 14.6. The molecule has 2 atom stereocenters. The highest BCUT2D eigenvalue weighted by Crippen LogP contribution is 2.32. The van der Waals surface area contributed by atoms with Crippen LogP contribution in [-0.2, 0) is 19.4 Å². The molecule has 2 aliphatic heterocycles. The van der Waals surface area contributed by atoms with Gasteiger partial charge in [-0.3, -0.25) is 4.79 Å². The van der Waals surface area contributed by atoms with Gasteiger partial charge in [0.15, 0.2) is 0 Å². The van der Waals surface area contributed by atoms with Crippen LogP contribution in [0.2, 0.25) is 0 Å². The Labute approximate surface area is 131 Å². The fourth-order valence-corrected chi connectivity index (χ4v) is 3.94. The predicted molar refractivity (Wildman–Crippen MR) is 88.3 cm³/mol. The second kappa shape index (κ2) is 5.73. The molecule has 0 saturated carbocycles. The van der Waals surface area contributed by atoms with Gasteiger partial charge in [-0.1, -0.05) is 30.3 Å². The number of rotatable bonds is 3. The third-order valence-corrected chi connectivity index (χ3v) is 5.07. The Balaban J connectivity index is 1.60. The van der Waals surface area contributed by atoms with Crippen LogP contribution in [-0.4, -0.2) is 17.7 Å². The van der Waals surface area contributed by atoms with Crippen LogP contribution in [0.1, 0.15) is 29.2 Å². The molecule has 3 heterocycles. The average molecular weight is 294 g/mol. The molecule has 2 bridgehead atoms. The molecule has 0 spiro atoms. The van der Waals surface area contributed by atoms with Crippen LogP contribution in [0.3, 0.4) is 0 Å². The molecule has 2 aromatic rings. The highest BCUT2D eigenvalue weighted by molar-refractivity contribution is 5.25. The number of aromatic nitrogens is 1. The fraction of sp³-hybridized carbons (Fsp3) is 0.421. The number of nitrogens with one attached hydrogen (secondary N) is 1. The van der Waals surface area contributed by atoms with Gasteiger partial charge in [-0.2, -0.15) is 0 Å². The van der Waals surface area contributed by atoms with Crippen molar-refractivity contribution < 1.29 is 0 Å². The Hall–Kier alpha value is -1.87. The zero-order valence-electron chi connectivity index (χ0n) is 12.8. The van der Waals surface area contributed by atoms with Crippen LogP contribution in [0.4, 0.5) is 0 Å². The van der Waals surface area contributed by atoms with Crippen LogP contribution in [0, 0.1) is 5.92 Å². The molecule has 4 rings (SSSR count). The van der Waals surface area contributed by atoms with E-state index in [4.69, 9.17) is 0 Å². The molecular weight excluding hydrogens is 272 g/mol. The first-order chi connectivity index (χ1) is 10.8. The molecule has 0 amide bonds. The molecule has 114 valence electrons. The van der Waals surface area contributed by atoms with Crippen LogP contribution in [0.5, 0.6) is 0 Å². The molecule has 0 radical (unpaired) electrons. The van der Waals surface area contributed by atoms with E-state index in [2.05, 4.69) is 35.6 Å². The van der Waals surface area contributed by atoms with Gasteiger partial charge in [-0.25, -0.2) is 0 Å². The minimum atomic E-state index is 0.192. The minimum Gasteiger partial charge on any atom is -0.316 e. The van der Waals surface area contributed by atoms with Crippen molar-refractivity contribution in [1.29, 1.82) is 0 Å². The molecule has 3 nitrogen and oxygen atoms in total. The SMILES string of the molecule is O=c1cc(CCc2ccccc2)cc2n1CC1CNCC2C1. The standard InChI is InChI=1S/C19H22N2O/c22-19-10-15(7-6-14-4-2-1-3-5-14)9-18-17-8-16(11-20-12-17)13-21(18)19/h1-5,9-10,16-17,20H,6-8,11-13H2. The molecule has 1 aromatic heterocycles. The van der Waals surface area contributed by atoms with Crippen molar-refractivity contribution in [3.8, 4) is 0 Å². The predicted octanol–water partition coefficient (Wildman–Crippen LogP) is 2.34. The van der Waals surface area contributed by atoms with Gasteiger partial charge < -0.3 is 9.88 Å². The lowest BCUT2D eigenvalue weighted by molar-refractivity contribution is 0.257. The fourth-order valence-electron chi connectivity index (χ4n) is 3.94. The quantitative estimate of drug-likeness (QED) is 0.943. The van der Waals surface area contributed by atoms with Crippen molar-refractivity contribution in [2.24, 2.45) is 5.92 Å². The summed E-state index contributed by atoms with van der Waals surface area (Å²) in [6.45, 7) is 2.95. The van der Waals surface area contributed by atoms with E-state index >= 15 is 0 Å². The van der Waals surface area contributed by atoms with E-state index in [9.17, 15) is 4.79 Å². The second-order valence-electron chi connectivity index (χ2n) is 6.68. The van der Waals surface area contributed by atoms with Gasteiger partial charge >= 0.3 is 0 Å². The number of aryl methyl sites for hydroxylation is 2. The Morgan fingerprint density at radius 3 is 2.73 bits per heavy atom. The summed E-state index contributed by atoms with van der Waals surface area (Å²) in [7, 11) is 0. The smallest absolute Gasteiger partial charge is 0.251 e. The summed E-state index contributed by atoms with van der Waals surface area (Å²) in [5.41, 5.74) is 3.96. The highest BCUT2D eigenvalue weighted by Gasteiger charge is 2.30. The Morgan fingerprint density at radius 1 is 1.05 bits per heavy atom. The normalized spacial score (nSPS) is 23.1. The number of nitrogens with zero attached hydrogens (tertiary/aromatic N) is 1. The first-order valence-electron chi connectivity index (χ1n) is 8.28. The van der Waals surface area contributed by atoms with Gasteiger partial charge in [0.25, 0.3) is 5.56 Å². The molecular formula is C19H22N2O.